The van der Waals surface area contributed by atoms with Gasteiger partial charge >= 0.3 is 5.97 Å². The summed E-state index contributed by atoms with van der Waals surface area (Å²) >= 11 is 0. The smallest absolute Gasteiger partial charge is 0.335 e. The van der Waals surface area contributed by atoms with Gasteiger partial charge in [0.1, 0.15) is 12.4 Å². The van der Waals surface area contributed by atoms with Gasteiger partial charge in [0.15, 0.2) is 0 Å². The van der Waals surface area contributed by atoms with Crippen LogP contribution in [0.2, 0.25) is 0 Å². The van der Waals surface area contributed by atoms with E-state index in [0.717, 1.165) is 16.9 Å². The van der Waals surface area contributed by atoms with E-state index < -0.39 is 5.97 Å². The molecule has 5 nitrogen and oxygen atoms in total. The second kappa shape index (κ2) is 9.84. The SMILES string of the molecule is Cl.O=C(O)c1ccc(CNCc2ccc(OCCO)cc2)cc1. The van der Waals surface area contributed by atoms with Gasteiger partial charge in [0.2, 0.25) is 0 Å². The van der Waals surface area contributed by atoms with E-state index >= 15 is 0 Å². The number of carboxylic acid groups (broad SMARTS) is 1. The number of rotatable bonds is 8. The number of aliphatic hydroxyl groups excluding tert-OH is 1. The van der Waals surface area contributed by atoms with Crippen molar-refractivity contribution < 1.29 is 19.7 Å². The molecule has 0 aliphatic heterocycles. The van der Waals surface area contributed by atoms with Crippen LogP contribution in [-0.2, 0) is 13.1 Å². The van der Waals surface area contributed by atoms with Crippen molar-refractivity contribution in [2.45, 2.75) is 13.1 Å². The molecular formula is C17H20ClNO4. The summed E-state index contributed by atoms with van der Waals surface area (Å²) in [5.41, 5.74) is 2.45. The van der Waals surface area contributed by atoms with E-state index in [4.69, 9.17) is 14.9 Å². The Hall–Kier alpha value is -2.08. The number of benzene rings is 2. The topological polar surface area (TPSA) is 78.8 Å². The minimum Gasteiger partial charge on any atom is -0.491 e. The predicted octanol–water partition coefficient (Wildman–Crippen LogP) is 2.47. The van der Waals surface area contributed by atoms with E-state index in [1.54, 1.807) is 12.1 Å². The number of ether oxygens (including phenoxy) is 1. The molecule has 0 saturated heterocycles. The van der Waals surface area contributed by atoms with E-state index in [1.165, 1.54) is 0 Å². The van der Waals surface area contributed by atoms with Crippen molar-refractivity contribution in [1.82, 2.24) is 5.32 Å². The minimum atomic E-state index is -0.914. The highest BCUT2D eigenvalue weighted by Gasteiger charge is 2.01. The minimum absolute atomic E-state index is 0. The zero-order valence-corrected chi connectivity index (χ0v) is 13.4. The fraction of sp³-hybridized carbons (Fsp3) is 0.235. The molecule has 0 aromatic heterocycles. The normalized spacial score (nSPS) is 9.96. The predicted molar refractivity (Wildman–Crippen MR) is 90.2 cm³/mol. The number of aromatic carboxylic acids is 1. The quantitative estimate of drug-likeness (QED) is 0.689. The molecule has 0 bridgehead atoms. The second-order valence-corrected chi connectivity index (χ2v) is 4.82. The summed E-state index contributed by atoms with van der Waals surface area (Å²) in [6.45, 7) is 1.68. The fourth-order valence-corrected chi connectivity index (χ4v) is 1.98. The van der Waals surface area contributed by atoms with Crippen molar-refractivity contribution in [3.8, 4) is 5.75 Å². The third-order valence-corrected chi connectivity index (χ3v) is 3.14. The van der Waals surface area contributed by atoms with Gasteiger partial charge in [0.05, 0.1) is 12.2 Å². The fourth-order valence-electron chi connectivity index (χ4n) is 1.98. The molecule has 23 heavy (non-hydrogen) atoms. The molecule has 0 aliphatic carbocycles. The van der Waals surface area contributed by atoms with Crippen LogP contribution in [-0.4, -0.2) is 29.4 Å². The van der Waals surface area contributed by atoms with Gasteiger partial charge in [-0.2, -0.15) is 0 Å². The lowest BCUT2D eigenvalue weighted by Crippen LogP contribution is -2.12. The average Bonchev–Trinajstić information content (AvgIpc) is 2.54. The Morgan fingerprint density at radius 1 is 0.957 bits per heavy atom. The number of carboxylic acids is 1. The molecule has 124 valence electrons. The first-order chi connectivity index (χ1) is 10.7. The number of aliphatic hydroxyl groups is 1. The van der Waals surface area contributed by atoms with Crippen LogP contribution in [0.1, 0.15) is 21.5 Å². The van der Waals surface area contributed by atoms with E-state index in [-0.39, 0.29) is 19.0 Å². The van der Waals surface area contributed by atoms with Gasteiger partial charge in [-0.15, -0.1) is 12.4 Å². The third kappa shape index (κ3) is 6.28. The number of nitrogens with one attached hydrogen (secondary N) is 1. The Labute approximate surface area is 141 Å². The van der Waals surface area contributed by atoms with Crippen LogP contribution in [0.4, 0.5) is 0 Å². The van der Waals surface area contributed by atoms with Crippen molar-refractivity contribution in [1.29, 1.82) is 0 Å². The Balaban J connectivity index is 0.00000264. The maximum absolute atomic E-state index is 10.8. The van der Waals surface area contributed by atoms with E-state index in [9.17, 15) is 4.79 Å². The Morgan fingerprint density at radius 2 is 1.48 bits per heavy atom. The first-order valence-electron chi connectivity index (χ1n) is 7.04. The standard InChI is InChI=1S/C17H19NO4.ClH/c19-9-10-22-16-7-3-14(4-8-16)12-18-11-13-1-5-15(6-2-13)17(20)21;/h1-8,18-19H,9-12H2,(H,20,21);1H. The maximum atomic E-state index is 10.8. The Bertz CT molecular complexity index is 599. The average molecular weight is 338 g/mol. The number of halogens is 1. The van der Waals surface area contributed by atoms with Crippen molar-refractivity contribution in [3.05, 3.63) is 65.2 Å². The number of carbonyl (C=O) groups is 1. The molecule has 0 aliphatic rings. The molecule has 2 aromatic rings. The zero-order valence-electron chi connectivity index (χ0n) is 12.6. The summed E-state index contributed by atoms with van der Waals surface area (Å²) in [5.74, 6) is -0.176. The summed E-state index contributed by atoms with van der Waals surface area (Å²) < 4.78 is 5.30. The molecule has 0 unspecified atom stereocenters. The van der Waals surface area contributed by atoms with E-state index in [1.807, 2.05) is 36.4 Å². The summed E-state index contributed by atoms with van der Waals surface area (Å²) in [6.07, 6.45) is 0. The maximum Gasteiger partial charge on any atom is 0.335 e. The molecular weight excluding hydrogens is 318 g/mol. The molecule has 2 rings (SSSR count). The third-order valence-electron chi connectivity index (χ3n) is 3.14. The Kier molecular flexibility index (Phi) is 8.11. The first-order valence-corrected chi connectivity index (χ1v) is 7.04. The lowest BCUT2D eigenvalue weighted by atomic mass is 10.1. The highest BCUT2D eigenvalue weighted by atomic mass is 35.5. The zero-order chi connectivity index (χ0) is 15.8. The van der Waals surface area contributed by atoms with Gasteiger partial charge in [0, 0.05) is 13.1 Å². The molecule has 0 radical (unpaired) electrons. The van der Waals surface area contributed by atoms with Gasteiger partial charge < -0.3 is 20.3 Å². The molecule has 2 aromatic carbocycles. The van der Waals surface area contributed by atoms with Crippen molar-refractivity contribution in [2.24, 2.45) is 0 Å². The molecule has 0 spiro atoms. The highest BCUT2D eigenvalue weighted by Crippen LogP contribution is 2.12. The van der Waals surface area contributed by atoms with Crippen LogP contribution in [0.3, 0.4) is 0 Å². The Morgan fingerprint density at radius 3 is 1.96 bits per heavy atom. The van der Waals surface area contributed by atoms with Crippen LogP contribution < -0.4 is 10.1 Å². The summed E-state index contributed by atoms with van der Waals surface area (Å²) in [4.78, 5) is 10.8. The molecule has 0 atom stereocenters. The van der Waals surface area contributed by atoms with Gasteiger partial charge in [-0.05, 0) is 35.4 Å². The second-order valence-electron chi connectivity index (χ2n) is 4.82. The summed E-state index contributed by atoms with van der Waals surface area (Å²) in [5, 5.41) is 20.8. The van der Waals surface area contributed by atoms with Gasteiger partial charge in [-0.1, -0.05) is 24.3 Å². The van der Waals surface area contributed by atoms with Gasteiger partial charge in [-0.3, -0.25) is 0 Å². The number of hydrogen-bond acceptors (Lipinski definition) is 4. The van der Waals surface area contributed by atoms with Gasteiger partial charge in [-0.25, -0.2) is 4.79 Å². The lowest BCUT2D eigenvalue weighted by Gasteiger charge is -2.07. The summed E-state index contributed by atoms with van der Waals surface area (Å²) in [6, 6.07) is 14.5. The van der Waals surface area contributed by atoms with Crippen LogP contribution in [0.5, 0.6) is 5.75 Å². The molecule has 0 saturated carbocycles. The van der Waals surface area contributed by atoms with E-state index in [2.05, 4.69) is 5.32 Å². The monoisotopic (exact) mass is 337 g/mol. The van der Waals surface area contributed by atoms with Crippen LogP contribution in [0.25, 0.3) is 0 Å². The molecule has 0 amide bonds. The molecule has 0 heterocycles. The highest BCUT2D eigenvalue weighted by molar-refractivity contribution is 5.87. The van der Waals surface area contributed by atoms with Crippen LogP contribution >= 0.6 is 12.4 Å². The van der Waals surface area contributed by atoms with Gasteiger partial charge in [0.25, 0.3) is 0 Å². The van der Waals surface area contributed by atoms with Crippen molar-refractivity contribution in [2.75, 3.05) is 13.2 Å². The first kappa shape index (κ1) is 19.0. The van der Waals surface area contributed by atoms with Crippen molar-refractivity contribution in [3.63, 3.8) is 0 Å². The molecule has 3 N–H and O–H groups in total. The van der Waals surface area contributed by atoms with Crippen molar-refractivity contribution >= 4 is 18.4 Å². The van der Waals surface area contributed by atoms with Crippen LogP contribution in [0, 0.1) is 0 Å². The van der Waals surface area contributed by atoms with E-state index in [0.29, 0.717) is 25.3 Å². The largest absolute Gasteiger partial charge is 0.491 e. The number of hydrogen-bond donors (Lipinski definition) is 3. The van der Waals surface area contributed by atoms with Crippen LogP contribution in [0.15, 0.2) is 48.5 Å². The molecule has 6 heteroatoms. The lowest BCUT2D eigenvalue weighted by molar-refractivity contribution is 0.0697. The summed E-state index contributed by atoms with van der Waals surface area (Å²) in [7, 11) is 0. The molecule has 0 fully saturated rings.